The van der Waals surface area contributed by atoms with Crippen LogP contribution in [-0.2, 0) is 4.57 Å². The average Bonchev–Trinajstić information content (AvgIpc) is 2.06. The Kier molecular flexibility index (Phi) is 2.19. The molecule has 0 spiro atoms. The van der Waals surface area contributed by atoms with Crippen LogP contribution in [0.2, 0.25) is 0 Å². The van der Waals surface area contributed by atoms with Gasteiger partial charge in [0.1, 0.15) is 0 Å². The minimum absolute atomic E-state index is 0.00694. The van der Waals surface area contributed by atoms with Crippen LogP contribution in [-0.4, -0.2) is 16.2 Å². The van der Waals surface area contributed by atoms with Crippen LogP contribution in [0.5, 0.6) is 0 Å². The molecule has 0 saturated carbocycles. The van der Waals surface area contributed by atoms with Crippen molar-refractivity contribution < 1.29 is 9.46 Å². The molecule has 4 unspecified atom stereocenters. The van der Waals surface area contributed by atoms with Gasteiger partial charge in [-0.25, -0.2) is 0 Å². The smallest absolute Gasteiger partial charge is 0.206 e. The largest absolute Gasteiger partial charge is 0.344 e. The summed E-state index contributed by atoms with van der Waals surface area (Å²) in [5, 5.41) is 0. The van der Waals surface area contributed by atoms with Crippen LogP contribution in [0.1, 0.15) is 27.7 Å². The Morgan fingerprint density at radius 3 is 1.36 bits per heavy atom. The fourth-order valence-electron chi connectivity index (χ4n) is 1.92. The van der Waals surface area contributed by atoms with Gasteiger partial charge in [-0.1, -0.05) is 27.7 Å². The standard InChI is InChI=1S/C8H17O2P/c1-5-6(2)8(4)11(9,10)7(5)3/h5-8H,1-4H3,(H,9,10). The fourth-order valence-corrected chi connectivity index (χ4v) is 4.56. The van der Waals surface area contributed by atoms with Crippen molar-refractivity contribution in [2.24, 2.45) is 11.8 Å². The lowest BCUT2D eigenvalue weighted by molar-refractivity contribution is 0.413. The highest BCUT2D eigenvalue weighted by Gasteiger charge is 2.48. The summed E-state index contributed by atoms with van der Waals surface area (Å²) >= 11 is 0. The van der Waals surface area contributed by atoms with Crippen molar-refractivity contribution in [3.8, 4) is 0 Å². The molecule has 2 nitrogen and oxygen atoms in total. The Bertz CT molecular complexity index is 184. The molecule has 3 heteroatoms. The fraction of sp³-hybridized carbons (Fsp3) is 1.00. The molecule has 0 aromatic heterocycles. The lowest BCUT2D eigenvalue weighted by Gasteiger charge is -2.14. The lowest BCUT2D eigenvalue weighted by Crippen LogP contribution is -2.12. The Hall–Kier alpha value is 0.190. The van der Waals surface area contributed by atoms with E-state index in [-0.39, 0.29) is 11.3 Å². The molecule has 1 rings (SSSR count). The molecule has 1 saturated heterocycles. The maximum Gasteiger partial charge on any atom is 0.206 e. The molecule has 4 atom stereocenters. The van der Waals surface area contributed by atoms with E-state index in [1.807, 2.05) is 13.8 Å². The van der Waals surface area contributed by atoms with Gasteiger partial charge in [0.2, 0.25) is 7.37 Å². The summed E-state index contributed by atoms with van der Waals surface area (Å²) < 4.78 is 11.7. The van der Waals surface area contributed by atoms with Crippen molar-refractivity contribution in [2.45, 2.75) is 39.0 Å². The second-order valence-corrected chi connectivity index (χ2v) is 6.85. The number of hydrogen-bond acceptors (Lipinski definition) is 1. The minimum atomic E-state index is -2.84. The van der Waals surface area contributed by atoms with Crippen LogP contribution in [0.15, 0.2) is 0 Å². The zero-order valence-corrected chi connectivity index (χ0v) is 8.51. The van der Waals surface area contributed by atoms with Gasteiger partial charge in [0.15, 0.2) is 0 Å². The molecular weight excluding hydrogens is 159 g/mol. The van der Waals surface area contributed by atoms with E-state index in [9.17, 15) is 9.46 Å². The van der Waals surface area contributed by atoms with Crippen LogP contribution in [0.25, 0.3) is 0 Å². The molecule has 1 aliphatic heterocycles. The molecule has 66 valence electrons. The molecule has 1 aliphatic rings. The SMILES string of the molecule is CC1C(C)C(C)P(=O)(O)C1C. The minimum Gasteiger partial charge on any atom is -0.344 e. The first kappa shape index (κ1) is 9.28. The van der Waals surface area contributed by atoms with Crippen LogP contribution in [0.3, 0.4) is 0 Å². The van der Waals surface area contributed by atoms with Crippen LogP contribution in [0, 0.1) is 11.8 Å². The van der Waals surface area contributed by atoms with Gasteiger partial charge in [-0.05, 0) is 11.8 Å². The van der Waals surface area contributed by atoms with E-state index in [0.29, 0.717) is 11.8 Å². The molecule has 0 aliphatic carbocycles. The predicted molar refractivity (Wildman–Crippen MR) is 47.1 cm³/mol. The van der Waals surface area contributed by atoms with E-state index in [1.54, 1.807) is 0 Å². The second kappa shape index (κ2) is 2.60. The highest BCUT2D eigenvalue weighted by molar-refractivity contribution is 7.59. The Morgan fingerprint density at radius 2 is 1.27 bits per heavy atom. The molecule has 0 aromatic rings. The molecule has 0 bridgehead atoms. The highest BCUT2D eigenvalue weighted by atomic mass is 31.2. The van der Waals surface area contributed by atoms with Crippen LogP contribution < -0.4 is 0 Å². The van der Waals surface area contributed by atoms with Gasteiger partial charge < -0.3 is 4.89 Å². The Balaban J connectivity index is 2.96. The second-order valence-electron chi connectivity index (χ2n) is 3.87. The third-order valence-electron chi connectivity index (χ3n) is 3.52. The zero-order valence-electron chi connectivity index (χ0n) is 7.61. The summed E-state index contributed by atoms with van der Waals surface area (Å²) in [6, 6.07) is 0. The average molecular weight is 176 g/mol. The molecule has 0 radical (unpaired) electrons. The topological polar surface area (TPSA) is 37.3 Å². The summed E-state index contributed by atoms with van der Waals surface area (Å²) in [5.41, 5.74) is -0.0139. The first-order valence-electron chi connectivity index (χ1n) is 4.21. The summed E-state index contributed by atoms with van der Waals surface area (Å²) in [7, 11) is -2.84. The third kappa shape index (κ3) is 1.17. The van der Waals surface area contributed by atoms with Crippen molar-refractivity contribution in [2.75, 3.05) is 0 Å². The van der Waals surface area contributed by atoms with Crippen molar-refractivity contribution in [3.63, 3.8) is 0 Å². The van der Waals surface area contributed by atoms with E-state index < -0.39 is 7.37 Å². The maximum atomic E-state index is 11.7. The van der Waals surface area contributed by atoms with Gasteiger partial charge >= 0.3 is 0 Å². The van der Waals surface area contributed by atoms with Gasteiger partial charge in [0.25, 0.3) is 0 Å². The normalized spacial score (nSPS) is 58.3. The van der Waals surface area contributed by atoms with E-state index >= 15 is 0 Å². The molecule has 1 N–H and O–H groups in total. The first-order valence-corrected chi connectivity index (χ1v) is 6.01. The third-order valence-corrected chi connectivity index (χ3v) is 6.79. The van der Waals surface area contributed by atoms with Crippen molar-refractivity contribution >= 4 is 7.37 Å². The monoisotopic (exact) mass is 176 g/mol. The number of hydrogen-bond donors (Lipinski definition) is 1. The first-order chi connectivity index (χ1) is 4.89. The predicted octanol–water partition coefficient (Wildman–Crippen LogP) is 2.32. The van der Waals surface area contributed by atoms with E-state index in [2.05, 4.69) is 13.8 Å². The lowest BCUT2D eigenvalue weighted by atomic mass is 9.92. The van der Waals surface area contributed by atoms with Crippen LogP contribution >= 0.6 is 7.37 Å². The van der Waals surface area contributed by atoms with Gasteiger partial charge in [-0.15, -0.1) is 0 Å². The highest BCUT2D eigenvalue weighted by Crippen LogP contribution is 2.63. The molecular formula is C8H17O2P. The summed E-state index contributed by atoms with van der Waals surface area (Å²) in [4.78, 5) is 9.63. The molecule has 0 amide bonds. The van der Waals surface area contributed by atoms with Gasteiger partial charge in [-0.2, -0.15) is 0 Å². The van der Waals surface area contributed by atoms with Crippen LogP contribution in [0.4, 0.5) is 0 Å². The van der Waals surface area contributed by atoms with Crippen molar-refractivity contribution in [1.29, 1.82) is 0 Å². The molecule has 11 heavy (non-hydrogen) atoms. The maximum absolute atomic E-state index is 11.7. The van der Waals surface area contributed by atoms with E-state index in [0.717, 1.165) is 0 Å². The summed E-state index contributed by atoms with van der Waals surface area (Å²) in [6.07, 6.45) is 0. The Morgan fingerprint density at radius 1 is 1.00 bits per heavy atom. The Labute approximate surface area is 68.5 Å². The zero-order chi connectivity index (χ0) is 8.81. The van der Waals surface area contributed by atoms with Gasteiger partial charge in [0.05, 0.1) is 0 Å². The van der Waals surface area contributed by atoms with E-state index in [4.69, 9.17) is 0 Å². The number of rotatable bonds is 0. The summed E-state index contributed by atoms with van der Waals surface area (Å²) in [5.74, 6) is 0.779. The van der Waals surface area contributed by atoms with Gasteiger partial charge in [0, 0.05) is 11.3 Å². The van der Waals surface area contributed by atoms with Crippen molar-refractivity contribution in [3.05, 3.63) is 0 Å². The van der Waals surface area contributed by atoms with Gasteiger partial charge in [-0.3, -0.25) is 4.57 Å². The molecule has 1 heterocycles. The van der Waals surface area contributed by atoms with Crippen molar-refractivity contribution in [1.82, 2.24) is 0 Å². The quantitative estimate of drug-likeness (QED) is 0.575. The van der Waals surface area contributed by atoms with E-state index in [1.165, 1.54) is 0 Å². The molecule has 0 aromatic carbocycles. The molecule has 1 fully saturated rings. The summed E-state index contributed by atoms with van der Waals surface area (Å²) in [6.45, 7) is 7.93.